The topological polar surface area (TPSA) is 60.2 Å². The highest BCUT2D eigenvalue weighted by atomic mass is 32.1. The van der Waals surface area contributed by atoms with Crippen molar-refractivity contribution in [1.29, 1.82) is 0 Å². The van der Waals surface area contributed by atoms with E-state index < -0.39 is 0 Å². The van der Waals surface area contributed by atoms with Crippen molar-refractivity contribution in [3.05, 3.63) is 75.1 Å². The van der Waals surface area contributed by atoms with Gasteiger partial charge < -0.3 is 0 Å². The van der Waals surface area contributed by atoms with Gasteiger partial charge in [0.1, 0.15) is 5.82 Å². The first-order valence-corrected chi connectivity index (χ1v) is 7.60. The van der Waals surface area contributed by atoms with Crippen molar-refractivity contribution < 1.29 is 4.39 Å². The van der Waals surface area contributed by atoms with Crippen molar-refractivity contribution in [3.8, 4) is 11.4 Å². The van der Waals surface area contributed by atoms with E-state index in [1.807, 2.05) is 6.07 Å². The van der Waals surface area contributed by atoms with Crippen LogP contribution in [-0.2, 0) is 0 Å². The molecular formula is C16H9FN4OS. The summed E-state index contributed by atoms with van der Waals surface area (Å²) in [5, 5.41) is 4.24. The third kappa shape index (κ3) is 2.51. The molecule has 1 aromatic carbocycles. The van der Waals surface area contributed by atoms with E-state index in [0.717, 1.165) is 11.1 Å². The first-order chi connectivity index (χ1) is 11.2. The second-order valence-corrected chi connectivity index (χ2v) is 5.85. The minimum absolute atomic E-state index is 0.239. The fourth-order valence-electron chi connectivity index (χ4n) is 2.16. The number of hydrogen-bond acceptors (Lipinski definition) is 5. The number of hydrogen-bond donors (Lipinski definition) is 0. The molecule has 3 heterocycles. The van der Waals surface area contributed by atoms with Crippen molar-refractivity contribution in [2.45, 2.75) is 0 Å². The van der Waals surface area contributed by atoms with Gasteiger partial charge in [0.25, 0.3) is 5.56 Å². The number of rotatable bonds is 2. The van der Waals surface area contributed by atoms with Gasteiger partial charge in [0.15, 0.2) is 5.82 Å². The third-order valence-electron chi connectivity index (χ3n) is 3.27. The summed E-state index contributed by atoms with van der Waals surface area (Å²) in [5.74, 6) is 0.156. The molecule has 7 heteroatoms. The predicted octanol–water partition coefficient (Wildman–Crippen LogP) is 1.90. The molecule has 0 unspecified atom stereocenters. The molecule has 23 heavy (non-hydrogen) atoms. The smallest absolute Gasteiger partial charge is 0.266 e. The van der Waals surface area contributed by atoms with Crippen molar-refractivity contribution in [3.63, 3.8) is 0 Å². The first-order valence-electron chi connectivity index (χ1n) is 6.78. The fourth-order valence-corrected chi connectivity index (χ4v) is 3.07. The standard InChI is InChI=1S/C16H9FN4OS/c17-12-5-3-10(4-6-12)8-13-15(22)21-16(23-13)19-14(20-21)11-2-1-7-18-9-11/h1-9H/b13-8-. The lowest BCUT2D eigenvalue weighted by atomic mass is 10.2. The molecule has 0 atom stereocenters. The lowest BCUT2D eigenvalue weighted by Crippen LogP contribution is -2.23. The van der Waals surface area contributed by atoms with E-state index in [0.29, 0.717) is 15.3 Å². The number of pyridine rings is 1. The Morgan fingerprint density at radius 3 is 2.70 bits per heavy atom. The minimum atomic E-state index is -0.312. The van der Waals surface area contributed by atoms with Gasteiger partial charge in [-0.15, -0.1) is 5.10 Å². The molecule has 0 aliphatic rings. The molecule has 4 rings (SSSR count). The Labute approximate surface area is 133 Å². The van der Waals surface area contributed by atoms with Crippen LogP contribution in [0.15, 0.2) is 53.6 Å². The highest BCUT2D eigenvalue weighted by Crippen LogP contribution is 2.14. The molecule has 0 aliphatic carbocycles. The molecule has 3 aromatic heterocycles. The average molecular weight is 324 g/mol. The Kier molecular flexibility index (Phi) is 3.20. The molecule has 5 nitrogen and oxygen atoms in total. The maximum atomic E-state index is 12.9. The van der Waals surface area contributed by atoms with Gasteiger partial charge in [-0.3, -0.25) is 9.78 Å². The van der Waals surface area contributed by atoms with E-state index in [1.165, 1.54) is 28.0 Å². The molecule has 4 aromatic rings. The molecule has 0 saturated heterocycles. The van der Waals surface area contributed by atoms with Crippen LogP contribution in [0.25, 0.3) is 22.4 Å². The van der Waals surface area contributed by atoms with Gasteiger partial charge in [0.2, 0.25) is 4.96 Å². The Balaban J connectivity index is 1.82. The average Bonchev–Trinajstić information content (AvgIpc) is 3.11. The van der Waals surface area contributed by atoms with Crippen LogP contribution in [0.1, 0.15) is 5.56 Å². The number of benzene rings is 1. The lowest BCUT2D eigenvalue weighted by molar-refractivity contribution is 0.628. The maximum absolute atomic E-state index is 12.9. The number of halogens is 1. The quantitative estimate of drug-likeness (QED) is 0.565. The summed E-state index contributed by atoms with van der Waals surface area (Å²) in [5.41, 5.74) is 1.27. The normalized spacial score (nSPS) is 12.1. The summed E-state index contributed by atoms with van der Waals surface area (Å²) >= 11 is 1.25. The molecule has 0 N–H and O–H groups in total. The molecule has 112 valence electrons. The van der Waals surface area contributed by atoms with Gasteiger partial charge in [-0.05, 0) is 35.9 Å². The second kappa shape index (κ2) is 5.36. The van der Waals surface area contributed by atoms with Gasteiger partial charge in [-0.2, -0.15) is 9.50 Å². The Hall–Kier alpha value is -2.93. The highest BCUT2D eigenvalue weighted by molar-refractivity contribution is 7.15. The molecule has 0 radical (unpaired) electrons. The number of nitrogens with zero attached hydrogens (tertiary/aromatic N) is 4. The summed E-state index contributed by atoms with van der Waals surface area (Å²) in [7, 11) is 0. The summed E-state index contributed by atoms with van der Waals surface area (Å²) in [6.07, 6.45) is 5.01. The number of aromatic nitrogens is 4. The molecule has 0 spiro atoms. The zero-order valence-corrected chi connectivity index (χ0v) is 12.5. The first kappa shape index (κ1) is 13.7. The predicted molar refractivity (Wildman–Crippen MR) is 85.5 cm³/mol. The second-order valence-electron chi connectivity index (χ2n) is 4.84. The van der Waals surface area contributed by atoms with Gasteiger partial charge in [-0.1, -0.05) is 23.5 Å². The summed E-state index contributed by atoms with van der Waals surface area (Å²) in [4.78, 5) is 21.3. The third-order valence-corrected chi connectivity index (χ3v) is 4.23. The zero-order valence-electron chi connectivity index (χ0n) is 11.7. The van der Waals surface area contributed by atoms with Crippen LogP contribution in [-0.4, -0.2) is 19.6 Å². The molecule has 0 amide bonds. The van der Waals surface area contributed by atoms with E-state index in [4.69, 9.17) is 0 Å². The van der Waals surface area contributed by atoms with Crippen LogP contribution >= 0.6 is 11.3 Å². The molecule has 0 aliphatic heterocycles. The fraction of sp³-hybridized carbons (Fsp3) is 0. The van der Waals surface area contributed by atoms with E-state index >= 15 is 0 Å². The van der Waals surface area contributed by atoms with Gasteiger partial charge in [-0.25, -0.2) is 4.39 Å². The molecular weight excluding hydrogens is 315 g/mol. The lowest BCUT2D eigenvalue weighted by Gasteiger charge is -1.91. The summed E-state index contributed by atoms with van der Waals surface area (Å²) in [6, 6.07) is 9.57. The molecule has 0 fully saturated rings. The summed E-state index contributed by atoms with van der Waals surface area (Å²) < 4.78 is 14.7. The van der Waals surface area contributed by atoms with Gasteiger partial charge in [0.05, 0.1) is 4.53 Å². The zero-order chi connectivity index (χ0) is 15.8. The number of thiazole rings is 1. The maximum Gasteiger partial charge on any atom is 0.291 e. The van der Waals surface area contributed by atoms with E-state index in [2.05, 4.69) is 15.1 Å². The SMILES string of the molecule is O=c1/c(=C/c2ccc(F)cc2)sc2nc(-c3cccnc3)nn12. The number of fused-ring (bicyclic) bond motifs is 1. The van der Waals surface area contributed by atoms with Crippen LogP contribution in [0, 0.1) is 5.82 Å². The van der Waals surface area contributed by atoms with E-state index in [9.17, 15) is 9.18 Å². The van der Waals surface area contributed by atoms with Crippen LogP contribution in [0.3, 0.4) is 0 Å². The summed E-state index contributed by atoms with van der Waals surface area (Å²) in [6.45, 7) is 0. The van der Waals surface area contributed by atoms with E-state index in [1.54, 1.807) is 36.7 Å². The largest absolute Gasteiger partial charge is 0.291 e. The monoisotopic (exact) mass is 324 g/mol. The van der Waals surface area contributed by atoms with Crippen molar-refractivity contribution in [2.24, 2.45) is 0 Å². The van der Waals surface area contributed by atoms with Crippen molar-refractivity contribution in [1.82, 2.24) is 19.6 Å². The Morgan fingerprint density at radius 1 is 1.17 bits per heavy atom. The minimum Gasteiger partial charge on any atom is -0.266 e. The van der Waals surface area contributed by atoms with Gasteiger partial charge in [0, 0.05) is 18.0 Å². The van der Waals surface area contributed by atoms with Crippen molar-refractivity contribution in [2.75, 3.05) is 0 Å². The molecule has 0 bridgehead atoms. The molecule has 0 saturated carbocycles. The highest BCUT2D eigenvalue weighted by Gasteiger charge is 2.11. The van der Waals surface area contributed by atoms with Crippen LogP contribution < -0.4 is 10.1 Å². The van der Waals surface area contributed by atoms with Gasteiger partial charge >= 0.3 is 0 Å². The Morgan fingerprint density at radius 2 is 2.00 bits per heavy atom. The van der Waals surface area contributed by atoms with Crippen molar-refractivity contribution >= 4 is 22.4 Å². The van der Waals surface area contributed by atoms with Crippen LogP contribution in [0.2, 0.25) is 0 Å². The van der Waals surface area contributed by atoms with Crippen LogP contribution in [0.4, 0.5) is 4.39 Å². The van der Waals surface area contributed by atoms with E-state index in [-0.39, 0.29) is 11.4 Å². The Bertz CT molecular complexity index is 1090. The van der Waals surface area contributed by atoms with Crippen LogP contribution in [0.5, 0.6) is 0 Å².